The fourth-order valence-corrected chi connectivity index (χ4v) is 2.25. The molecule has 6 nitrogen and oxygen atoms in total. The van der Waals surface area contributed by atoms with E-state index in [4.69, 9.17) is 9.47 Å². The van der Waals surface area contributed by atoms with E-state index in [0.717, 1.165) is 12.1 Å². The quantitative estimate of drug-likeness (QED) is 0.668. The monoisotopic (exact) mass is 348 g/mol. The van der Waals surface area contributed by atoms with Crippen LogP contribution < -0.4 is 5.32 Å². The Hall–Kier alpha value is -1.25. The Bertz CT molecular complexity index is 538. The molecule has 1 saturated heterocycles. The van der Waals surface area contributed by atoms with Gasteiger partial charge in [-0.3, -0.25) is 10.1 Å². The Morgan fingerprint density at radius 2 is 2.30 bits per heavy atom. The summed E-state index contributed by atoms with van der Waals surface area (Å²) in [6.45, 7) is 4.25. The molecule has 0 radical (unpaired) electrons. The summed E-state index contributed by atoms with van der Waals surface area (Å²) < 4.78 is 24.5. The first-order chi connectivity index (χ1) is 9.28. The average Bonchev–Trinajstić information content (AvgIpc) is 2.69. The highest BCUT2D eigenvalue weighted by Crippen LogP contribution is 2.31. The summed E-state index contributed by atoms with van der Waals surface area (Å²) in [4.78, 5) is 10.4. The third-order valence-corrected chi connectivity index (χ3v) is 3.43. The molecule has 1 N–H and O–H groups in total. The van der Waals surface area contributed by atoms with Crippen LogP contribution in [0.15, 0.2) is 16.6 Å². The van der Waals surface area contributed by atoms with E-state index in [0.29, 0.717) is 13.2 Å². The number of nitro benzene ring substituents is 1. The van der Waals surface area contributed by atoms with Gasteiger partial charge in [-0.2, -0.15) is 0 Å². The number of nitro groups is 1. The van der Waals surface area contributed by atoms with Crippen LogP contribution in [0.2, 0.25) is 0 Å². The first-order valence-electron chi connectivity index (χ1n) is 5.97. The molecular formula is C12H14BrFN2O4. The molecule has 0 amide bonds. The van der Waals surface area contributed by atoms with Crippen LogP contribution >= 0.6 is 15.9 Å². The molecule has 0 spiro atoms. The van der Waals surface area contributed by atoms with Crippen LogP contribution in [0.1, 0.15) is 13.8 Å². The van der Waals surface area contributed by atoms with Gasteiger partial charge in [0.15, 0.2) is 5.79 Å². The van der Waals surface area contributed by atoms with Crippen LogP contribution in [0.4, 0.5) is 15.8 Å². The fourth-order valence-electron chi connectivity index (χ4n) is 1.92. The molecule has 1 aromatic carbocycles. The van der Waals surface area contributed by atoms with Crippen LogP contribution in [0.3, 0.4) is 0 Å². The first-order valence-corrected chi connectivity index (χ1v) is 6.77. The molecule has 0 bridgehead atoms. The number of hydrogen-bond donors (Lipinski definition) is 1. The summed E-state index contributed by atoms with van der Waals surface area (Å²) in [6, 6.07) is 2.22. The number of nitrogens with zero attached hydrogens (tertiary/aromatic N) is 1. The van der Waals surface area contributed by atoms with Crippen molar-refractivity contribution >= 4 is 27.3 Å². The van der Waals surface area contributed by atoms with Crippen molar-refractivity contribution in [3.05, 3.63) is 32.5 Å². The van der Waals surface area contributed by atoms with Crippen molar-refractivity contribution in [1.29, 1.82) is 0 Å². The molecule has 1 unspecified atom stereocenters. The molecule has 1 aromatic rings. The number of hydrogen-bond acceptors (Lipinski definition) is 5. The molecule has 1 aliphatic heterocycles. The van der Waals surface area contributed by atoms with Crippen LogP contribution in [-0.4, -0.2) is 30.0 Å². The lowest BCUT2D eigenvalue weighted by atomic mass is 10.2. The van der Waals surface area contributed by atoms with Gasteiger partial charge in [0.05, 0.1) is 16.0 Å². The van der Waals surface area contributed by atoms with E-state index in [9.17, 15) is 14.5 Å². The molecular weight excluding hydrogens is 335 g/mol. The van der Waals surface area contributed by atoms with Gasteiger partial charge < -0.3 is 14.8 Å². The largest absolute Gasteiger partial charge is 0.377 e. The SMILES string of the molecule is CC1(C)OCC(CNc2cc(F)c(Br)cc2[N+](=O)[O-])O1. The van der Waals surface area contributed by atoms with Gasteiger partial charge in [0, 0.05) is 18.7 Å². The highest BCUT2D eigenvalue weighted by atomic mass is 79.9. The summed E-state index contributed by atoms with van der Waals surface area (Å²) in [5, 5.41) is 13.8. The zero-order valence-corrected chi connectivity index (χ0v) is 12.6. The summed E-state index contributed by atoms with van der Waals surface area (Å²) in [5.74, 6) is -1.23. The molecule has 0 aromatic heterocycles. The van der Waals surface area contributed by atoms with Crippen molar-refractivity contribution in [3.8, 4) is 0 Å². The Morgan fingerprint density at radius 3 is 2.85 bits per heavy atom. The molecule has 110 valence electrons. The Kier molecular flexibility index (Phi) is 4.26. The van der Waals surface area contributed by atoms with Crippen molar-refractivity contribution in [1.82, 2.24) is 0 Å². The third kappa shape index (κ3) is 3.44. The molecule has 8 heteroatoms. The van der Waals surface area contributed by atoms with Gasteiger partial charge in [-0.1, -0.05) is 0 Å². The lowest BCUT2D eigenvalue weighted by Gasteiger charge is -2.17. The van der Waals surface area contributed by atoms with Gasteiger partial charge in [0.25, 0.3) is 5.69 Å². The van der Waals surface area contributed by atoms with E-state index in [1.165, 1.54) is 0 Å². The molecule has 2 rings (SSSR count). The van der Waals surface area contributed by atoms with Gasteiger partial charge in [-0.15, -0.1) is 0 Å². The number of nitrogens with one attached hydrogen (secondary N) is 1. The number of benzene rings is 1. The smallest absolute Gasteiger partial charge is 0.293 e. The maximum Gasteiger partial charge on any atom is 0.293 e. The lowest BCUT2D eigenvalue weighted by molar-refractivity contribution is -0.384. The Morgan fingerprint density at radius 1 is 1.60 bits per heavy atom. The highest BCUT2D eigenvalue weighted by molar-refractivity contribution is 9.10. The molecule has 1 fully saturated rings. The summed E-state index contributed by atoms with van der Waals surface area (Å²) in [6.07, 6.45) is -0.240. The minimum absolute atomic E-state index is 0.0522. The van der Waals surface area contributed by atoms with E-state index >= 15 is 0 Å². The maximum atomic E-state index is 13.5. The van der Waals surface area contributed by atoms with Crippen molar-refractivity contribution in [2.24, 2.45) is 0 Å². The van der Waals surface area contributed by atoms with Crippen LogP contribution in [-0.2, 0) is 9.47 Å². The molecule has 0 aliphatic carbocycles. The van der Waals surface area contributed by atoms with Crippen molar-refractivity contribution < 1.29 is 18.8 Å². The van der Waals surface area contributed by atoms with Gasteiger partial charge in [0.2, 0.25) is 0 Å². The second-order valence-corrected chi connectivity index (χ2v) is 5.73. The summed E-state index contributed by atoms with van der Waals surface area (Å²) in [5.41, 5.74) is -0.0829. The fraction of sp³-hybridized carbons (Fsp3) is 0.500. The minimum Gasteiger partial charge on any atom is -0.377 e. The normalized spacial score (nSPS) is 20.9. The van der Waals surface area contributed by atoms with Gasteiger partial charge in [-0.05, 0) is 29.8 Å². The lowest BCUT2D eigenvalue weighted by Crippen LogP contribution is -2.26. The van der Waals surface area contributed by atoms with Gasteiger partial charge in [-0.25, -0.2) is 4.39 Å². The van der Waals surface area contributed by atoms with E-state index in [-0.39, 0.29) is 22.0 Å². The van der Waals surface area contributed by atoms with E-state index in [1.807, 2.05) is 0 Å². The van der Waals surface area contributed by atoms with Crippen molar-refractivity contribution in [2.45, 2.75) is 25.7 Å². The van der Waals surface area contributed by atoms with Crippen LogP contribution in [0, 0.1) is 15.9 Å². The van der Waals surface area contributed by atoms with Crippen LogP contribution in [0.5, 0.6) is 0 Å². The molecule has 1 aliphatic rings. The predicted octanol–water partition coefficient (Wildman–Crippen LogP) is 3.06. The Labute approximate surface area is 123 Å². The number of ether oxygens (including phenoxy) is 2. The minimum atomic E-state index is -0.663. The average molecular weight is 349 g/mol. The maximum absolute atomic E-state index is 13.5. The van der Waals surface area contributed by atoms with Gasteiger partial charge in [0.1, 0.15) is 17.6 Å². The first kappa shape index (κ1) is 15.1. The Balaban J connectivity index is 2.09. The van der Waals surface area contributed by atoms with Crippen molar-refractivity contribution in [3.63, 3.8) is 0 Å². The molecule has 1 atom stereocenters. The summed E-state index contributed by atoms with van der Waals surface area (Å²) >= 11 is 2.93. The summed E-state index contributed by atoms with van der Waals surface area (Å²) in [7, 11) is 0. The van der Waals surface area contributed by atoms with Crippen LogP contribution in [0.25, 0.3) is 0 Å². The highest BCUT2D eigenvalue weighted by Gasteiger charge is 2.32. The second kappa shape index (κ2) is 5.63. The zero-order valence-electron chi connectivity index (χ0n) is 11.0. The third-order valence-electron chi connectivity index (χ3n) is 2.82. The molecule has 20 heavy (non-hydrogen) atoms. The van der Waals surface area contributed by atoms with E-state index < -0.39 is 16.5 Å². The van der Waals surface area contributed by atoms with Crippen molar-refractivity contribution in [2.75, 3.05) is 18.5 Å². The number of rotatable bonds is 4. The number of halogens is 2. The second-order valence-electron chi connectivity index (χ2n) is 4.87. The predicted molar refractivity (Wildman–Crippen MR) is 74.1 cm³/mol. The van der Waals surface area contributed by atoms with Gasteiger partial charge >= 0.3 is 0 Å². The molecule has 1 heterocycles. The number of anilines is 1. The zero-order chi connectivity index (χ0) is 14.9. The standard InChI is InChI=1S/C12H14BrFN2O4/c1-12(2)19-6-7(20-12)5-15-10-4-9(14)8(13)3-11(10)16(17)18/h3-4,7,15H,5-6H2,1-2H3. The molecule has 0 saturated carbocycles. The van der Waals surface area contributed by atoms with E-state index in [2.05, 4.69) is 21.2 Å². The topological polar surface area (TPSA) is 73.6 Å². The van der Waals surface area contributed by atoms with E-state index in [1.54, 1.807) is 13.8 Å².